The van der Waals surface area contributed by atoms with Crippen molar-refractivity contribution in [3.8, 4) is 5.75 Å². The number of hydrogen-bond donors (Lipinski definition) is 0. The minimum atomic E-state index is -0.461. The van der Waals surface area contributed by atoms with Crippen molar-refractivity contribution in [2.45, 2.75) is 64.2 Å². The lowest BCUT2D eigenvalue weighted by Crippen LogP contribution is -2.14. The van der Waals surface area contributed by atoms with Crippen LogP contribution in [0.5, 0.6) is 5.75 Å². The van der Waals surface area contributed by atoms with E-state index in [0.29, 0.717) is 22.3 Å². The molecule has 0 N–H and O–H groups in total. The van der Waals surface area contributed by atoms with E-state index in [1.54, 1.807) is 24.3 Å². The Bertz CT molecular complexity index is 822. The van der Waals surface area contributed by atoms with E-state index >= 15 is 0 Å². The maximum Gasteiger partial charge on any atom is 0.345 e. The van der Waals surface area contributed by atoms with Crippen LogP contribution in [-0.4, -0.2) is 5.97 Å². The first-order valence-corrected chi connectivity index (χ1v) is 12.4. The number of carbonyl (C=O) groups is 1. The van der Waals surface area contributed by atoms with Gasteiger partial charge in [0, 0.05) is 0 Å². The average molecular weight is 543 g/mol. The summed E-state index contributed by atoms with van der Waals surface area (Å²) in [6, 6.07) is 11.1. The van der Waals surface area contributed by atoms with Gasteiger partial charge in [0.15, 0.2) is 5.75 Å². The van der Waals surface area contributed by atoms with Crippen LogP contribution in [-0.2, 0) is 0 Å². The second-order valence-corrected chi connectivity index (χ2v) is 10.0. The molecule has 0 heterocycles. The first kappa shape index (κ1) is 22.8. The second kappa shape index (κ2) is 11.0. The highest BCUT2D eigenvalue weighted by Gasteiger charge is 2.24. The summed E-state index contributed by atoms with van der Waals surface area (Å²) in [4.78, 5) is 12.5. The molecule has 0 radical (unpaired) electrons. The van der Waals surface area contributed by atoms with Gasteiger partial charge in [-0.1, -0.05) is 56.3 Å². The van der Waals surface area contributed by atoms with Gasteiger partial charge in [-0.3, -0.25) is 0 Å². The van der Waals surface area contributed by atoms with Gasteiger partial charge >= 0.3 is 5.97 Å². The van der Waals surface area contributed by atoms with Crippen LogP contribution in [0, 0.1) is 5.92 Å². The highest BCUT2D eigenvalue weighted by molar-refractivity contribution is 9.11. The Morgan fingerprint density at radius 2 is 1.72 bits per heavy atom. The number of rotatable bonds is 7. The first-order valence-electron chi connectivity index (χ1n) is 10.4. The lowest BCUT2D eigenvalue weighted by Gasteiger charge is -2.29. The van der Waals surface area contributed by atoms with Crippen molar-refractivity contribution in [1.29, 1.82) is 0 Å². The highest BCUT2D eigenvalue weighted by atomic mass is 79.9. The predicted octanol–water partition coefficient (Wildman–Crippen LogP) is 8.94. The summed E-state index contributed by atoms with van der Waals surface area (Å²) in [5, 5.41) is 0.386. The maximum absolute atomic E-state index is 12.5. The molecular formula is C24H27Br2ClO2. The Labute approximate surface area is 195 Å². The molecule has 0 bridgehead atoms. The zero-order chi connectivity index (χ0) is 20.8. The molecule has 0 unspecified atom stereocenters. The first-order chi connectivity index (χ1) is 14.0. The number of ether oxygens (including phenoxy) is 1. The molecule has 2 aromatic carbocycles. The van der Waals surface area contributed by atoms with Crippen LogP contribution in [0.3, 0.4) is 0 Å². The molecule has 156 valence electrons. The fraction of sp³-hybridized carbons (Fsp3) is 0.458. The zero-order valence-corrected chi connectivity index (χ0v) is 20.7. The van der Waals surface area contributed by atoms with Crippen LogP contribution in [0.4, 0.5) is 0 Å². The number of hydrogen-bond acceptors (Lipinski definition) is 2. The summed E-state index contributed by atoms with van der Waals surface area (Å²) in [6.07, 6.45) is 10.5. The van der Waals surface area contributed by atoms with Gasteiger partial charge in [0.05, 0.1) is 19.5 Å². The summed E-state index contributed by atoms with van der Waals surface area (Å²) < 4.78 is 7.21. The monoisotopic (exact) mass is 540 g/mol. The van der Waals surface area contributed by atoms with Gasteiger partial charge < -0.3 is 4.74 Å². The van der Waals surface area contributed by atoms with Crippen molar-refractivity contribution >= 4 is 49.4 Å². The Morgan fingerprint density at radius 3 is 2.34 bits per heavy atom. The van der Waals surface area contributed by atoms with Crippen molar-refractivity contribution in [1.82, 2.24) is 0 Å². The molecule has 2 nitrogen and oxygen atoms in total. The summed E-state index contributed by atoms with van der Waals surface area (Å²) in [5.41, 5.74) is 1.66. The van der Waals surface area contributed by atoms with E-state index in [1.807, 2.05) is 0 Å². The van der Waals surface area contributed by atoms with Crippen LogP contribution >= 0.6 is 43.5 Å². The van der Waals surface area contributed by atoms with E-state index in [0.717, 1.165) is 14.9 Å². The van der Waals surface area contributed by atoms with Gasteiger partial charge in [-0.15, -0.1) is 0 Å². The molecule has 3 rings (SSSR count). The van der Waals surface area contributed by atoms with Crippen molar-refractivity contribution in [3.05, 3.63) is 61.5 Å². The molecule has 0 spiro atoms. The van der Waals surface area contributed by atoms with Crippen molar-refractivity contribution in [2.24, 2.45) is 5.92 Å². The number of esters is 1. The lowest BCUT2D eigenvalue weighted by molar-refractivity contribution is 0.0732. The van der Waals surface area contributed by atoms with Crippen LogP contribution < -0.4 is 4.74 Å². The van der Waals surface area contributed by atoms with Crippen LogP contribution in [0.15, 0.2) is 45.3 Å². The molecule has 1 saturated carbocycles. The third-order valence-electron chi connectivity index (χ3n) is 5.84. The summed E-state index contributed by atoms with van der Waals surface area (Å²) in [7, 11) is 0. The largest absolute Gasteiger partial charge is 0.420 e. The fourth-order valence-corrected chi connectivity index (χ4v) is 5.75. The van der Waals surface area contributed by atoms with E-state index in [9.17, 15) is 4.79 Å². The Morgan fingerprint density at radius 1 is 1.07 bits per heavy atom. The topological polar surface area (TPSA) is 26.3 Å². The van der Waals surface area contributed by atoms with Crippen LogP contribution in [0.2, 0.25) is 5.02 Å². The van der Waals surface area contributed by atoms with E-state index in [-0.39, 0.29) is 0 Å². The molecule has 1 fully saturated rings. The SMILES string of the molecule is CCCCCC1CCC(c2cc(Br)c(OC(=O)c3ccccc3Cl)c(Br)c2)CC1. The Kier molecular flexibility index (Phi) is 8.64. The molecule has 0 saturated heterocycles. The van der Waals surface area contributed by atoms with Gasteiger partial charge in [0.25, 0.3) is 0 Å². The molecule has 0 amide bonds. The van der Waals surface area contributed by atoms with E-state index in [1.165, 1.54) is 56.9 Å². The van der Waals surface area contributed by atoms with Gasteiger partial charge in [0.1, 0.15) is 0 Å². The number of carbonyl (C=O) groups excluding carboxylic acids is 1. The molecular weight excluding hydrogens is 516 g/mol. The molecule has 1 aliphatic rings. The van der Waals surface area contributed by atoms with Gasteiger partial charge in [-0.05, 0) is 99.2 Å². The molecule has 0 aromatic heterocycles. The molecule has 2 aromatic rings. The standard InChI is InChI=1S/C24H27Br2ClO2/c1-2-3-4-7-16-10-12-17(13-11-16)18-14-20(25)23(21(26)15-18)29-24(28)19-8-5-6-9-22(19)27/h5-6,8-9,14-17H,2-4,7,10-13H2,1H3. The third-order valence-corrected chi connectivity index (χ3v) is 7.35. The molecule has 0 aliphatic heterocycles. The quantitative estimate of drug-likeness (QED) is 0.198. The highest BCUT2D eigenvalue weighted by Crippen LogP contribution is 2.42. The lowest BCUT2D eigenvalue weighted by atomic mass is 9.77. The van der Waals surface area contributed by atoms with Crippen molar-refractivity contribution < 1.29 is 9.53 Å². The van der Waals surface area contributed by atoms with Crippen LogP contribution in [0.25, 0.3) is 0 Å². The minimum Gasteiger partial charge on any atom is -0.420 e. The van der Waals surface area contributed by atoms with E-state index < -0.39 is 5.97 Å². The number of benzene rings is 2. The molecule has 1 aliphatic carbocycles. The summed E-state index contributed by atoms with van der Waals surface area (Å²) in [6.45, 7) is 2.27. The number of unbranched alkanes of at least 4 members (excludes halogenated alkanes) is 2. The van der Waals surface area contributed by atoms with Crippen molar-refractivity contribution in [2.75, 3.05) is 0 Å². The van der Waals surface area contributed by atoms with Gasteiger partial charge in [-0.2, -0.15) is 0 Å². The van der Waals surface area contributed by atoms with Crippen LogP contribution in [0.1, 0.15) is 80.1 Å². The Balaban J connectivity index is 1.65. The Hall–Kier alpha value is -0.840. The zero-order valence-electron chi connectivity index (χ0n) is 16.7. The van der Waals surface area contributed by atoms with E-state index in [4.69, 9.17) is 16.3 Å². The van der Waals surface area contributed by atoms with E-state index in [2.05, 4.69) is 50.9 Å². The number of halogens is 3. The predicted molar refractivity (Wildman–Crippen MR) is 127 cm³/mol. The maximum atomic E-state index is 12.5. The molecule has 0 atom stereocenters. The normalized spacial score (nSPS) is 19.2. The van der Waals surface area contributed by atoms with Gasteiger partial charge in [0.2, 0.25) is 0 Å². The molecule has 29 heavy (non-hydrogen) atoms. The second-order valence-electron chi connectivity index (χ2n) is 7.90. The summed E-state index contributed by atoms with van der Waals surface area (Å²) in [5.74, 6) is 1.49. The minimum absolute atomic E-state index is 0.360. The average Bonchev–Trinajstić information content (AvgIpc) is 2.71. The smallest absolute Gasteiger partial charge is 0.345 e. The van der Waals surface area contributed by atoms with Crippen molar-refractivity contribution in [3.63, 3.8) is 0 Å². The summed E-state index contributed by atoms with van der Waals surface area (Å²) >= 11 is 13.3. The van der Waals surface area contributed by atoms with Gasteiger partial charge in [-0.25, -0.2) is 4.79 Å². The third kappa shape index (κ3) is 6.08. The fourth-order valence-electron chi connectivity index (χ4n) is 4.15. The molecule has 5 heteroatoms.